The van der Waals surface area contributed by atoms with Crippen molar-refractivity contribution in [2.45, 2.75) is 46.5 Å². The van der Waals surface area contributed by atoms with Crippen molar-refractivity contribution >= 4 is 17.3 Å². The number of hydrogen-bond acceptors (Lipinski definition) is 4. The standard InChI is InChI=1S/C36H43FN4O.C3H4/c1-25-8-5-6-11-34(25)41(24-28-14-18-39(4)19-15-28)27(3)29-16-20-40(21-17-29)36(42)31-12-13-33(26(2)22-31)35(38)30-9-7-10-32(37)23-30;1-3-2/h5-13,22-23,28-29,38H,3,14-21,24H2,1-2,4H3;1H,2H3. The van der Waals surface area contributed by atoms with Crippen molar-refractivity contribution in [1.82, 2.24) is 9.80 Å². The second-order valence-electron chi connectivity index (χ2n) is 12.4. The van der Waals surface area contributed by atoms with Crippen LogP contribution in [0.4, 0.5) is 10.1 Å². The molecule has 236 valence electrons. The average Bonchev–Trinajstić information content (AvgIpc) is 3.04. The fourth-order valence-electron chi connectivity index (χ4n) is 6.43. The van der Waals surface area contributed by atoms with Crippen molar-refractivity contribution in [3.05, 3.63) is 113 Å². The van der Waals surface area contributed by atoms with E-state index in [-0.39, 0.29) is 17.4 Å². The number of carbonyl (C=O) groups is 1. The number of terminal acetylenes is 1. The summed E-state index contributed by atoms with van der Waals surface area (Å²) >= 11 is 0. The average molecular weight is 607 g/mol. The molecule has 0 saturated carbocycles. The molecule has 2 aliphatic heterocycles. The quantitative estimate of drug-likeness (QED) is 0.211. The third kappa shape index (κ3) is 8.49. The first-order valence-electron chi connectivity index (χ1n) is 16.0. The molecule has 6 heteroatoms. The highest BCUT2D eigenvalue weighted by Crippen LogP contribution is 2.34. The van der Waals surface area contributed by atoms with Crippen molar-refractivity contribution in [2.75, 3.05) is 44.7 Å². The van der Waals surface area contributed by atoms with E-state index in [1.807, 2.05) is 24.0 Å². The minimum Gasteiger partial charge on any atom is -0.345 e. The summed E-state index contributed by atoms with van der Waals surface area (Å²) in [6.45, 7) is 15.0. The molecule has 0 spiro atoms. The van der Waals surface area contributed by atoms with Crippen LogP contribution < -0.4 is 4.90 Å². The minimum atomic E-state index is -0.364. The van der Waals surface area contributed by atoms with Gasteiger partial charge in [-0.2, -0.15) is 0 Å². The van der Waals surface area contributed by atoms with Crippen molar-refractivity contribution in [2.24, 2.45) is 11.8 Å². The van der Waals surface area contributed by atoms with Gasteiger partial charge < -0.3 is 14.7 Å². The number of allylic oxidation sites excluding steroid dienone is 1. The molecule has 45 heavy (non-hydrogen) atoms. The van der Waals surface area contributed by atoms with Crippen LogP contribution >= 0.6 is 0 Å². The second-order valence-corrected chi connectivity index (χ2v) is 12.4. The maximum atomic E-state index is 13.7. The van der Waals surface area contributed by atoms with Gasteiger partial charge in [0.05, 0.1) is 5.71 Å². The Morgan fingerprint density at radius 1 is 0.956 bits per heavy atom. The van der Waals surface area contributed by atoms with Crippen LogP contribution in [0.3, 0.4) is 0 Å². The van der Waals surface area contributed by atoms with Gasteiger partial charge in [-0.3, -0.25) is 10.2 Å². The molecule has 2 heterocycles. The zero-order valence-corrected chi connectivity index (χ0v) is 27.3. The van der Waals surface area contributed by atoms with Gasteiger partial charge in [-0.25, -0.2) is 4.39 Å². The number of nitrogens with one attached hydrogen (secondary N) is 1. The van der Waals surface area contributed by atoms with Crippen LogP contribution in [0.1, 0.15) is 65.2 Å². The Morgan fingerprint density at radius 2 is 1.62 bits per heavy atom. The SMILES string of the molecule is C#CC.C=C(C1CCN(C(=O)c2ccc(C(=N)c3cccc(F)c3)c(C)c2)CC1)N(CC1CCN(C)CC1)c1ccccc1C. The smallest absolute Gasteiger partial charge is 0.253 e. The van der Waals surface area contributed by atoms with E-state index in [1.54, 1.807) is 25.1 Å². The van der Waals surface area contributed by atoms with E-state index in [0.717, 1.165) is 38.0 Å². The van der Waals surface area contributed by atoms with Crippen LogP contribution in [0.25, 0.3) is 0 Å². The number of anilines is 1. The number of nitrogens with zero attached hydrogens (tertiary/aromatic N) is 3. The number of benzene rings is 3. The van der Waals surface area contributed by atoms with Gasteiger partial charge in [0.1, 0.15) is 5.82 Å². The predicted molar refractivity (Wildman–Crippen MR) is 185 cm³/mol. The Bertz CT molecular complexity index is 1540. The molecule has 1 amide bonds. The first kappa shape index (κ1) is 33.7. The summed E-state index contributed by atoms with van der Waals surface area (Å²) in [6.07, 6.45) is 8.79. The van der Waals surface area contributed by atoms with Gasteiger partial charge in [0.25, 0.3) is 5.91 Å². The molecule has 0 unspecified atom stereocenters. The van der Waals surface area contributed by atoms with Crippen LogP contribution in [0.2, 0.25) is 0 Å². The first-order valence-corrected chi connectivity index (χ1v) is 16.0. The number of hydrogen-bond donors (Lipinski definition) is 1. The lowest BCUT2D eigenvalue weighted by Crippen LogP contribution is -2.42. The molecule has 0 aromatic heterocycles. The summed E-state index contributed by atoms with van der Waals surface area (Å²) < 4.78 is 13.7. The number of likely N-dealkylation sites (tertiary alicyclic amines) is 2. The molecule has 1 N–H and O–H groups in total. The van der Waals surface area contributed by atoms with Gasteiger partial charge in [-0.1, -0.05) is 43.0 Å². The molecule has 0 radical (unpaired) electrons. The summed E-state index contributed by atoms with van der Waals surface area (Å²) in [6, 6.07) is 20.2. The van der Waals surface area contributed by atoms with Gasteiger partial charge in [0.2, 0.25) is 0 Å². The van der Waals surface area contributed by atoms with Gasteiger partial charge in [0.15, 0.2) is 0 Å². The van der Waals surface area contributed by atoms with Crippen molar-refractivity contribution in [1.29, 1.82) is 5.41 Å². The van der Waals surface area contributed by atoms with Crippen LogP contribution in [0.15, 0.2) is 79.0 Å². The highest BCUT2D eigenvalue weighted by atomic mass is 19.1. The van der Waals surface area contributed by atoms with Crippen LogP contribution in [-0.2, 0) is 0 Å². The molecule has 0 bridgehead atoms. The Balaban J connectivity index is 0.00000148. The molecule has 3 aromatic rings. The lowest BCUT2D eigenvalue weighted by atomic mass is 9.90. The second kappa shape index (κ2) is 15.7. The molecular formula is C39H47FN4O. The van der Waals surface area contributed by atoms with E-state index in [9.17, 15) is 9.18 Å². The largest absolute Gasteiger partial charge is 0.345 e. The highest BCUT2D eigenvalue weighted by molar-refractivity contribution is 6.12. The molecule has 0 atom stereocenters. The molecule has 3 aromatic carbocycles. The number of amides is 1. The monoisotopic (exact) mass is 606 g/mol. The number of piperidine rings is 2. The number of para-hydroxylation sites is 1. The molecular weight excluding hydrogens is 559 g/mol. The topological polar surface area (TPSA) is 50.6 Å². The number of carbonyl (C=O) groups excluding carboxylic acids is 1. The first-order chi connectivity index (χ1) is 21.6. The molecule has 2 aliphatic rings. The minimum absolute atomic E-state index is 0.0214. The summed E-state index contributed by atoms with van der Waals surface area (Å²) in [4.78, 5) is 20.3. The zero-order chi connectivity index (χ0) is 32.5. The van der Waals surface area contributed by atoms with Gasteiger partial charge >= 0.3 is 0 Å². The van der Waals surface area contributed by atoms with E-state index < -0.39 is 0 Å². The predicted octanol–water partition coefficient (Wildman–Crippen LogP) is 7.71. The van der Waals surface area contributed by atoms with Crippen LogP contribution in [0, 0.1) is 49.3 Å². The lowest BCUT2D eigenvalue weighted by Gasteiger charge is -2.40. The van der Waals surface area contributed by atoms with Crippen molar-refractivity contribution < 1.29 is 9.18 Å². The fourth-order valence-corrected chi connectivity index (χ4v) is 6.43. The summed E-state index contributed by atoms with van der Waals surface area (Å²) in [5, 5.41) is 8.57. The van der Waals surface area contributed by atoms with E-state index in [2.05, 4.69) is 67.0 Å². The van der Waals surface area contributed by atoms with Crippen LogP contribution in [0.5, 0.6) is 0 Å². The van der Waals surface area contributed by atoms with E-state index in [1.165, 1.54) is 41.9 Å². The third-order valence-corrected chi connectivity index (χ3v) is 9.14. The Hall–Kier alpha value is -4.21. The molecule has 5 rings (SSSR count). The summed E-state index contributed by atoms with van der Waals surface area (Å²) in [5.74, 6) is 2.88. The summed E-state index contributed by atoms with van der Waals surface area (Å²) in [5.41, 5.74) is 6.63. The van der Waals surface area contributed by atoms with E-state index >= 15 is 0 Å². The highest BCUT2D eigenvalue weighted by Gasteiger charge is 2.30. The molecule has 2 fully saturated rings. The lowest BCUT2D eigenvalue weighted by molar-refractivity contribution is 0.0701. The van der Waals surface area contributed by atoms with Crippen molar-refractivity contribution in [3.8, 4) is 12.3 Å². The third-order valence-electron chi connectivity index (χ3n) is 9.14. The normalized spacial score (nSPS) is 15.9. The molecule has 0 aliphatic carbocycles. The number of aryl methyl sites for hydroxylation is 2. The maximum Gasteiger partial charge on any atom is 0.253 e. The Morgan fingerprint density at radius 3 is 2.24 bits per heavy atom. The Labute approximate surface area is 269 Å². The van der Waals surface area contributed by atoms with Crippen molar-refractivity contribution in [3.63, 3.8) is 0 Å². The van der Waals surface area contributed by atoms with E-state index in [0.29, 0.717) is 41.6 Å². The fraction of sp³-hybridized carbons (Fsp3) is 0.385. The van der Waals surface area contributed by atoms with Crippen LogP contribution in [-0.4, -0.2) is 61.2 Å². The molecule has 5 nitrogen and oxygen atoms in total. The zero-order valence-electron chi connectivity index (χ0n) is 27.3. The number of halogens is 1. The van der Waals surface area contributed by atoms with E-state index in [4.69, 9.17) is 5.41 Å². The number of rotatable bonds is 8. The Kier molecular flexibility index (Phi) is 11.7. The van der Waals surface area contributed by atoms with Gasteiger partial charge in [-0.15, -0.1) is 12.3 Å². The van der Waals surface area contributed by atoms with Gasteiger partial charge in [0, 0.05) is 53.6 Å². The van der Waals surface area contributed by atoms with Gasteiger partial charge in [-0.05, 0) is 114 Å². The maximum absolute atomic E-state index is 13.7. The molecule has 2 saturated heterocycles. The summed E-state index contributed by atoms with van der Waals surface area (Å²) in [7, 11) is 2.21.